The number of ketones is 1. The first-order chi connectivity index (χ1) is 23.3. The molecule has 10 saturated carbocycles. The maximum absolute atomic E-state index is 12.0. The van der Waals surface area contributed by atoms with Crippen LogP contribution in [0.3, 0.4) is 0 Å². The van der Waals surface area contributed by atoms with Crippen LogP contribution >= 0.6 is 0 Å². The Morgan fingerprint density at radius 1 is 0.500 bits per heavy atom. The zero-order valence-corrected chi connectivity index (χ0v) is 31.4. The molecule has 0 N–H and O–H groups in total. The number of rotatable bonds is 0. The summed E-state index contributed by atoms with van der Waals surface area (Å²) in [6.07, 6.45) is 45.8. The van der Waals surface area contributed by atoms with E-state index in [1.54, 1.807) is 50.5 Å². The molecule has 14 atom stereocenters. The Bertz CT molecular complexity index is 1150. The first kappa shape index (κ1) is 34.1. The third kappa shape index (κ3) is 5.07. The molecule has 266 valence electrons. The standard InChI is InChI=1S/C23H36.C22H34O.C2H2/c1-16-10-13-23-14-11-20-19(21(23)9-7-18(23)15-16)8-6-17-5-3-4-12-22(17,20)2;1-21-11-3-2-4-15(21)5-7-18-19(21)10-13-22-12-9-17(23)14-16(22)6-8-20(18)22;1-2/h17-21H,1,3-15H2,2H3;15-16,18-20H,2-14H2,1H3;1-2H/t;15?,16?,18?,19?,20?,21?,22-;/m.1./s1. The van der Waals surface area contributed by atoms with Crippen LogP contribution in [0.4, 0.5) is 0 Å². The summed E-state index contributed by atoms with van der Waals surface area (Å²) in [7, 11) is 0. The minimum atomic E-state index is 0.575. The molecule has 0 aromatic carbocycles. The summed E-state index contributed by atoms with van der Waals surface area (Å²) in [5.74, 6) is 10.8. The summed E-state index contributed by atoms with van der Waals surface area (Å²) in [6, 6.07) is 0. The molecule has 2 spiro atoms. The fraction of sp³-hybridized carbons (Fsp3) is 0.894. The minimum Gasteiger partial charge on any atom is -0.300 e. The number of hydrogen-bond donors (Lipinski definition) is 0. The number of terminal acetylenes is 1. The van der Waals surface area contributed by atoms with E-state index in [0.29, 0.717) is 16.6 Å². The van der Waals surface area contributed by atoms with Crippen LogP contribution in [-0.2, 0) is 4.79 Å². The van der Waals surface area contributed by atoms with Gasteiger partial charge in [0.05, 0.1) is 0 Å². The van der Waals surface area contributed by atoms with Crippen LogP contribution in [-0.4, -0.2) is 5.78 Å². The average Bonchev–Trinajstić information content (AvgIpc) is 3.68. The quantitative estimate of drug-likeness (QED) is 0.188. The second kappa shape index (κ2) is 12.9. The van der Waals surface area contributed by atoms with E-state index in [1.165, 1.54) is 109 Å². The Balaban J connectivity index is 0.000000133. The number of fused-ring (bicyclic) bond motifs is 8. The van der Waals surface area contributed by atoms with Gasteiger partial charge in [0.2, 0.25) is 0 Å². The second-order valence-electron chi connectivity index (χ2n) is 20.6. The van der Waals surface area contributed by atoms with Crippen molar-refractivity contribution in [1.29, 1.82) is 0 Å². The number of Topliss-reactive ketones (excluding diaryl/α,β-unsaturated/α-hetero) is 1. The summed E-state index contributed by atoms with van der Waals surface area (Å²) >= 11 is 0. The van der Waals surface area contributed by atoms with E-state index >= 15 is 0 Å². The van der Waals surface area contributed by atoms with Gasteiger partial charge in [0.25, 0.3) is 0 Å². The van der Waals surface area contributed by atoms with Gasteiger partial charge in [0, 0.05) is 12.8 Å². The third-order valence-electron chi connectivity index (χ3n) is 19.8. The van der Waals surface area contributed by atoms with Gasteiger partial charge in [0.1, 0.15) is 5.78 Å². The van der Waals surface area contributed by atoms with E-state index in [2.05, 4.69) is 33.3 Å². The van der Waals surface area contributed by atoms with E-state index in [0.717, 1.165) is 82.9 Å². The van der Waals surface area contributed by atoms with Gasteiger partial charge in [-0.25, -0.2) is 0 Å². The lowest BCUT2D eigenvalue weighted by molar-refractivity contribution is -0.138. The maximum atomic E-state index is 12.0. The average molecular weight is 653 g/mol. The van der Waals surface area contributed by atoms with Crippen LogP contribution < -0.4 is 0 Å². The molecule has 10 fully saturated rings. The summed E-state index contributed by atoms with van der Waals surface area (Å²) in [4.78, 5) is 12.0. The van der Waals surface area contributed by atoms with Crippen molar-refractivity contribution < 1.29 is 4.79 Å². The number of hydrogen-bond acceptors (Lipinski definition) is 1. The molecule has 0 amide bonds. The molecule has 0 aromatic rings. The smallest absolute Gasteiger partial charge is 0.133 e. The van der Waals surface area contributed by atoms with Gasteiger partial charge in [0.15, 0.2) is 0 Å². The Morgan fingerprint density at radius 2 is 0.979 bits per heavy atom. The lowest BCUT2D eigenvalue weighted by atomic mass is 9.43. The van der Waals surface area contributed by atoms with Gasteiger partial charge in [-0.2, -0.15) is 0 Å². The first-order valence-corrected chi connectivity index (χ1v) is 21.8. The maximum Gasteiger partial charge on any atom is 0.133 e. The normalized spacial score (nSPS) is 53.2. The highest BCUT2D eigenvalue weighted by Gasteiger charge is 2.63. The largest absolute Gasteiger partial charge is 0.300 e. The van der Waals surface area contributed by atoms with E-state index in [9.17, 15) is 4.79 Å². The van der Waals surface area contributed by atoms with Crippen LogP contribution in [0.15, 0.2) is 12.2 Å². The predicted octanol–water partition coefficient (Wildman–Crippen LogP) is 12.8. The van der Waals surface area contributed by atoms with E-state index in [1.807, 2.05) is 0 Å². The second-order valence-corrected chi connectivity index (χ2v) is 20.6. The van der Waals surface area contributed by atoms with E-state index < -0.39 is 0 Å². The summed E-state index contributed by atoms with van der Waals surface area (Å²) in [5.41, 5.74) is 4.34. The van der Waals surface area contributed by atoms with Crippen LogP contribution in [0.2, 0.25) is 0 Å². The molecule has 0 bridgehead atoms. The molecule has 10 aliphatic carbocycles. The van der Waals surface area contributed by atoms with Crippen molar-refractivity contribution in [2.24, 2.45) is 80.8 Å². The number of carbonyl (C=O) groups is 1. The molecule has 48 heavy (non-hydrogen) atoms. The highest BCUT2D eigenvalue weighted by atomic mass is 16.1. The first-order valence-electron chi connectivity index (χ1n) is 21.8. The summed E-state index contributed by atoms with van der Waals surface area (Å²) in [5, 5.41) is 0. The highest BCUT2D eigenvalue weighted by molar-refractivity contribution is 5.79. The van der Waals surface area contributed by atoms with Crippen molar-refractivity contribution in [2.75, 3.05) is 0 Å². The molecule has 0 aromatic heterocycles. The van der Waals surface area contributed by atoms with Gasteiger partial charge in [-0.1, -0.05) is 51.7 Å². The molecular formula is C47H72O. The molecular weight excluding hydrogens is 581 g/mol. The van der Waals surface area contributed by atoms with Crippen LogP contribution in [0, 0.1) is 93.7 Å². The monoisotopic (exact) mass is 653 g/mol. The van der Waals surface area contributed by atoms with Crippen molar-refractivity contribution in [1.82, 2.24) is 0 Å². The highest BCUT2D eigenvalue weighted by Crippen LogP contribution is 2.72. The van der Waals surface area contributed by atoms with Crippen molar-refractivity contribution in [3.05, 3.63) is 12.2 Å². The molecule has 0 radical (unpaired) electrons. The van der Waals surface area contributed by atoms with Gasteiger partial charge >= 0.3 is 0 Å². The molecule has 0 aliphatic heterocycles. The molecule has 10 aliphatic rings. The molecule has 10 rings (SSSR count). The zero-order valence-electron chi connectivity index (χ0n) is 31.4. The van der Waals surface area contributed by atoms with Crippen molar-refractivity contribution >= 4 is 5.78 Å². The molecule has 1 heteroatoms. The Kier molecular flexibility index (Phi) is 9.14. The van der Waals surface area contributed by atoms with E-state index in [-0.39, 0.29) is 0 Å². The topological polar surface area (TPSA) is 17.1 Å². The minimum absolute atomic E-state index is 0.575. The van der Waals surface area contributed by atoms with Crippen LogP contribution in [0.1, 0.15) is 181 Å². The summed E-state index contributed by atoms with van der Waals surface area (Å²) < 4.78 is 0. The number of carbonyl (C=O) groups excluding carboxylic acids is 1. The molecule has 13 unspecified atom stereocenters. The Hall–Kier alpha value is -1.03. The van der Waals surface area contributed by atoms with Gasteiger partial charge in [-0.15, -0.1) is 12.8 Å². The third-order valence-corrected chi connectivity index (χ3v) is 19.8. The lowest BCUT2D eigenvalue weighted by Crippen LogP contribution is -2.54. The lowest BCUT2D eigenvalue weighted by Gasteiger charge is -2.62. The predicted molar refractivity (Wildman–Crippen MR) is 200 cm³/mol. The van der Waals surface area contributed by atoms with Crippen molar-refractivity contribution in [3.63, 3.8) is 0 Å². The summed E-state index contributed by atoms with van der Waals surface area (Å²) in [6.45, 7) is 9.76. The van der Waals surface area contributed by atoms with Crippen molar-refractivity contribution in [2.45, 2.75) is 181 Å². The Labute approximate surface area is 296 Å². The zero-order chi connectivity index (χ0) is 33.3. The van der Waals surface area contributed by atoms with Gasteiger partial charge in [-0.3, -0.25) is 4.79 Å². The SMILES string of the molecule is C#C.C=C1CCC23CCC4C(CCC5CCCCC54C)C2CCC3C1.CC12CCCCC1CCC1C2CC[C@]23CCC(=O)CC2CCC13. The molecule has 0 saturated heterocycles. The number of allylic oxidation sites excluding steroid dienone is 1. The molecule has 0 heterocycles. The van der Waals surface area contributed by atoms with Crippen LogP contribution in [0.5, 0.6) is 0 Å². The van der Waals surface area contributed by atoms with Crippen molar-refractivity contribution in [3.8, 4) is 12.8 Å². The van der Waals surface area contributed by atoms with E-state index in [4.69, 9.17) is 0 Å². The van der Waals surface area contributed by atoms with Gasteiger partial charge < -0.3 is 0 Å². The van der Waals surface area contributed by atoms with Crippen LogP contribution in [0.25, 0.3) is 0 Å². The Morgan fingerprint density at radius 3 is 1.52 bits per heavy atom. The fourth-order valence-corrected chi connectivity index (χ4v) is 17.7. The molecule has 1 nitrogen and oxygen atoms in total. The van der Waals surface area contributed by atoms with Gasteiger partial charge in [-0.05, 0) is 209 Å². The fourth-order valence-electron chi connectivity index (χ4n) is 17.7.